The first kappa shape index (κ1) is 17.3. The number of benzene rings is 2. The Bertz CT molecular complexity index is 743. The summed E-state index contributed by atoms with van der Waals surface area (Å²) in [6.45, 7) is 5.34. The Morgan fingerprint density at radius 2 is 1.72 bits per heavy atom. The number of fused-ring (bicyclic) bond motifs is 1. The maximum absolute atomic E-state index is 13.0. The molecule has 132 valence electrons. The van der Waals surface area contributed by atoms with Gasteiger partial charge in [0.2, 0.25) is 0 Å². The lowest BCUT2D eigenvalue weighted by Crippen LogP contribution is -2.31. The number of halogens is 1. The van der Waals surface area contributed by atoms with Crippen LogP contribution in [0, 0.1) is 11.7 Å². The van der Waals surface area contributed by atoms with E-state index >= 15 is 0 Å². The van der Waals surface area contributed by atoms with Crippen LogP contribution in [-0.2, 0) is 0 Å². The number of carbonyl (C=O) groups is 1. The molecule has 5 heteroatoms. The lowest BCUT2D eigenvalue weighted by molar-refractivity contribution is 0.0925. The van der Waals surface area contributed by atoms with E-state index in [-0.39, 0.29) is 23.7 Å². The third kappa shape index (κ3) is 4.10. The first-order valence-electron chi connectivity index (χ1n) is 8.50. The predicted molar refractivity (Wildman–Crippen MR) is 93.5 cm³/mol. The van der Waals surface area contributed by atoms with Crippen LogP contribution < -0.4 is 14.8 Å². The third-order valence-electron chi connectivity index (χ3n) is 4.19. The topological polar surface area (TPSA) is 47.6 Å². The van der Waals surface area contributed by atoms with Crippen LogP contribution in [-0.4, -0.2) is 19.1 Å². The van der Waals surface area contributed by atoms with E-state index < -0.39 is 0 Å². The SMILES string of the molecule is CC(C)[C@H](NC(=O)c1ccc(F)cc1)c1ccc2c(c1)OCCCO2. The average Bonchev–Trinajstić information content (AvgIpc) is 2.84. The summed E-state index contributed by atoms with van der Waals surface area (Å²) in [5, 5.41) is 3.03. The lowest BCUT2D eigenvalue weighted by atomic mass is 9.95. The Hall–Kier alpha value is -2.56. The minimum atomic E-state index is -0.361. The Kier molecular flexibility index (Phi) is 5.22. The zero-order valence-corrected chi connectivity index (χ0v) is 14.4. The fourth-order valence-corrected chi connectivity index (χ4v) is 2.83. The van der Waals surface area contributed by atoms with Crippen LogP contribution in [0.15, 0.2) is 42.5 Å². The Labute approximate surface area is 147 Å². The number of hydrogen-bond acceptors (Lipinski definition) is 3. The van der Waals surface area contributed by atoms with Gasteiger partial charge in [-0.05, 0) is 47.9 Å². The number of amides is 1. The molecule has 3 rings (SSSR count). The standard InChI is InChI=1S/C20H22FNO3/c1-13(2)19(22-20(23)14-4-7-16(21)8-5-14)15-6-9-17-18(12-15)25-11-3-10-24-17/h4-9,12-13,19H,3,10-11H2,1-2H3,(H,22,23)/t19-/m0/s1. The summed E-state index contributed by atoms with van der Waals surface area (Å²) in [5.41, 5.74) is 1.39. The second-order valence-electron chi connectivity index (χ2n) is 6.46. The van der Waals surface area contributed by atoms with Gasteiger partial charge in [-0.3, -0.25) is 4.79 Å². The zero-order chi connectivity index (χ0) is 17.8. The summed E-state index contributed by atoms with van der Waals surface area (Å²) >= 11 is 0. The molecule has 2 aromatic carbocycles. The minimum Gasteiger partial charge on any atom is -0.490 e. The molecule has 1 aliphatic rings. The van der Waals surface area contributed by atoms with Crippen LogP contribution in [0.4, 0.5) is 4.39 Å². The van der Waals surface area contributed by atoms with Crippen LogP contribution in [0.5, 0.6) is 11.5 Å². The molecular weight excluding hydrogens is 321 g/mol. The minimum absolute atomic E-state index is 0.175. The van der Waals surface area contributed by atoms with Crippen molar-refractivity contribution in [2.45, 2.75) is 26.3 Å². The third-order valence-corrected chi connectivity index (χ3v) is 4.19. The molecule has 1 atom stereocenters. The van der Waals surface area contributed by atoms with Gasteiger partial charge in [0.25, 0.3) is 5.91 Å². The second-order valence-corrected chi connectivity index (χ2v) is 6.46. The fraction of sp³-hybridized carbons (Fsp3) is 0.350. The molecule has 1 aliphatic heterocycles. The van der Waals surface area contributed by atoms with Crippen LogP contribution in [0.2, 0.25) is 0 Å². The molecule has 25 heavy (non-hydrogen) atoms. The largest absolute Gasteiger partial charge is 0.490 e. The van der Waals surface area contributed by atoms with Gasteiger partial charge in [0.1, 0.15) is 5.82 Å². The molecular formula is C20H22FNO3. The van der Waals surface area contributed by atoms with Gasteiger partial charge in [-0.2, -0.15) is 0 Å². The normalized spacial score (nSPS) is 14.7. The molecule has 0 saturated carbocycles. The van der Waals surface area contributed by atoms with Crippen LogP contribution in [0.3, 0.4) is 0 Å². The molecule has 0 aromatic heterocycles. The van der Waals surface area contributed by atoms with Gasteiger partial charge in [-0.25, -0.2) is 4.39 Å². The number of carbonyl (C=O) groups excluding carboxylic acids is 1. The predicted octanol–water partition coefficient (Wildman–Crippen LogP) is 4.11. The Morgan fingerprint density at radius 3 is 2.40 bits per heavy atom. The molecule has 0 saturated heterocycles. The van der Waals surface area contributed by atoms with Gasteiger partial charge < -0.3 is 14.8 Å². The van der Waals surface area contributed by atoms with E-state index in [1.165, 1.54) is 24.3 Å². The summed E-state index contributed by atoms with van der Waals surface area (Å²) in [6, 6.07) is 11.1. The molecule has 1 N–H and O–H groups in total. The van der Waals surface area contributed by atoms with Gasteiger partial charge in [-0.1, -0.05) is 19.9 Å². The van der Waals surface area contributed by atoms with E-state index in [0.717, 1.165) is 17.7 Å². The number of ether oxygens (including phenoxy) is 2. The molecule has 0 radical (unpaired) electrons. The van der Waals surface area contributed by atoms with Crippen molar-refractivity contribution in [2.75, 3.05) is 13.2 Å². The summed E-state index contributed by atoms with van der Waals surface area (Å²) in [4.78, 5) is 12.5. The van der Waals surface area contributed by atoms with Crippen molar-refractivity contribution in [3.63, 3.8) is 0 Å². The summed E-state index contributed by atoms with van der Waals surface area (Å²) in [6.07, 6.45) is 0.846. The fourth-order valence-electron chi connectivity index (χ4n) is 2.83. The first-order valence-corrected chi connectivity index (χ1v) is 8.50. The van der Waals surface area contributed by atoms with Gasteiger partial charge in [0.05, 0.1) is 19.3 Å². The highest BCUT2D eigenvalue weighted by molar-refractivity contribution is 5.94. The van der Waals surface area contributed by atoms with Gasteiger partial charge in [0, 0.05) is 12.0 Å². The van der Waals surface area contributed by atoms with Crippen molar-refractivity contribution in [1.29, 1.82) is 0 Å². The molecule has 0 bridgehead atoms. The number of hydrogen-bond donors (Lipinski definition) is 1. The van der Waals surface area contributed by atoms with Gasteiger partial charge in [0.15, 0.2) is 11.5 Å². The number of rotatable bonds is 4. The quantitative estimate of drug-likeness (QED) is 0.909. The Morgan fingerprint density at radius 1 is 1.04 bits per heavy atom. The van der Waals surface area contributed by atoms with Crippen LogP contribution in [0.25, 0.3) is 0 Å². The molecule has 1 heterocycles. The molecule has 2 aromatic rings. The van der Waals surface area contributed by atoms with E-state index in [1.807, 2.05) is 32.0 Å². The highest BCUT2D eigenvalue weighted by Crippen LogP contribution is 2.34. The van der Waals surface area contributed by atoms with Crippen LogP contribution >= 0.6 is 0 Å². The van der Waals surface area contributed by atoms with Gasteiger partial charge >= 0.3 is 0 Å². The van der Waals surface area contributed by atoms with Crippen molar-refractivity contribution in [1.82, 2.24) is 5.32 Å². The zero-order valence-electron chi connectivity index (χ0n) is 14.4. The summed E-state index contributed by atoms with van der Waals surface area (Å²) in [5.74, 6) is 1.02. The monoisotopic (exact) mass is 343 g/mol. The summed E-state index contributed by atoms with van der Waals surface area (Å²) < 4.78 is 24.4. The van der Waals surface area contributed by atoms with Gasteiger partial charge in [-0.15, -0.1) is 0 Å². The molecule has 0 fully saturated rings. The maximum Gasteiger partial charge on any atom is 0.251 e. The smallest absolute Gasteiger partial charge is 0.251 e. The van der Waals surface area contributed by atoms with E-state index in [1.54, 1.807) is 0 Å². The molecule has 0 aliphatic carbocycles. The Balaban J connectivity index is 1.82. The second kappa shape index (κ2) is 7.55. The molecule has 1 amide bonds. The highest BCUT2D eigenvalue weighted by Gasteiger charge is 2.21. The first-order chi connectivity index (χ1) is 12.0. The molecule has 0 unspecified atom stereocenters. The van der Waals surface area contributed by atoms with E-state index in [4.69, 9.17) is 9.47 Å². The maximum atomic E-state index is 13.0. The molecule has 0 spiro atoms. The molecule has 4 nitrogen and oxygen atoms in total. The van der Waals surface area contributed by atoms with Crippen molar-refractivity contribution >= 4 is 5.91 Å². The van der Waals surface area contributed by atoms with Crippen molar-refractivity contribution < 1.29 is 18.7 Å². The number of nitrogens with one attached hydrogen (secondary N) is 1. The highest BCUT2D eigenvalue weighted by atomic mass is 19.1. The van der Waals surface area contributed by atoms with E-state index in [0.29, 0.717) is 24.5 Å². The van der Waals surface area contributed by atoms with Crippen molar-refractivity contribution in [3.05, 3.63) is 59.4 Å². The summed E-state index contributed by atoms with van der Waals surface area (Å²) in [7, 11) is 0. The van der Waals surface area contributed by atoms with Crippen molar-refractivity contribution in [2.24, 2.45) is 5.92 Å². The van der Waals surface area contributed by atoms with E-state index in [9.17, 15) is 9.18 Å². The van der Waals surface area contributed by atoms with Crippen LogP contribution in [0.1, 0.15) is 42.2 Å². The average molecular weight is 343 g/mol. The van der Waals surface area contributed by atoms with E-state index in [2.05, 4.69) is 5.32 Å². The lowest BCUT2D eigenvalue weighted by Gasteiger charge is -2.24. The van der Waals surface area contributed by atoms with Crippen molar-refractivity contribution in [3.8, 4) is 11.5 Å².